The molecule has 0 bridgehead atoms. The lowest BCUT2D eigenvalue weighted by Crippen LogP contribution is -2.52. The van der Waals surface area contributed by atoms with Crippen molar-refractivity contribution >= 4 is 23.2 Å². The third-order valence-corrected chi connectivity index (χ3v) is 6.27. The van der Waals surface area contributed by atoms with Gasteiger partial charge in [-0.3, -0.25) is 9.79 Å². The molecule has 0 atom stereocenters. The van der Waals surface area contributed by atoms with Gasteiger partial charge in [0.25, 0.3) is 0 Å². The van der Waals surface area contributed by atoms with E-state index in [0.717, 1.165) is 69.5 Å². The molecule has 0 radical (unpaired) electrons. The van der Waals surface area contributed by atoms with Crippen LogP contribution in [0.5, 0.6) is 5.75 Å². The molecule has 1 saturated heterocycles. The van der Waals surface area contributed by atoms with Crippen LogP contribution in [0.4, 0.5) is 11.4 Å². The van der Waals surface area contributed by atoms with Gasteiger partial charge in [-0.2, -0.15) is 0 Å². The lowest BCUT2D eigenvalue weighted by molar-refractivity contribution is -0.118. The van der Waals surface area contributed by atoms with Gasteiger partial charge in [0.1, 0.15) is 5.75 Å². The van der Waals surface area contributed by atoms with E-state index in [0.29, 0.717) is 6.42 Å². The van der Waals surface area contributed by atoms with Crippen LogP contribution in [0.3, 0.4) is 0 Å². The number of fused-ring (bicyclic) bond motifs is 1. The number of para-hydroxylation sites is 1. The minimum atomic E-state index is 0.208. The Morgan fingerprint density at radius 1 is 1.03 bits per heavy atom. The van der Waals surface area contributed by atoms with Gasteiger partial charge >= 0.3 is 0 Å². The number of anilines is 2. The standard InChI is InChI=1S/C25H33N5O2/c1-26-25(29-18-16-28(17-19-29)21-9-11-22(32-2)12-10-21)27-14-5-8-24(31)30-15-13-20-6-3-4-7-23(20)30/h3-4,6-7,9-12H,5,8,13-19H2,1-2H3,(H,26,27). The molecule has 1 N–H and O–H groups in total. The fourth-order valence-electron chi connectivity index (χ4n) is 4.47. The Morgan fingerprint density at radius 3 is 2.50 bits per heavy atom. The zero-order valence-corrected chi connectivity index (χ0v) is 19.1. The number of hydrogen-bond donors (Lipinski definition) is 1. The number of piperazine rings is 1. The van der Waals surface area contributed by atoms with E-state index >= 15 is 0 Å². The number of rotatable bonds is 6. The summed E-state index contributed by atoms with van der Waals surface area (Å²) in [7, 11) is 3.51. The van der Waals surface area contributed by atoms with Crippen LogP contribution < -0.4 is 19.9 Å². The molecule has 1 amide bonds. The fourth-order valence-corrected chi connectivity index (χ4v) is 4.47. The van der Waals surface area contributed by atoms with Crippen LogP contribution in [-0.4, -0.2) is 70.2 Å². The fraction of sp³-hybridized carbons (Fsp3) is 0.440. The summed E-state index contributed by atoms with van der Waals surface area (Å²) in [4.78, 5) is 23.7. The van der Waals surface area contributed by atoms with E-state index in [2.05, 4.69) is 38.3 Å². The number of aliphatic imine (C=N–C) groups is 1. The number of nitrogens with zero attached hydrogens (tertiary/aromatic N) is 4. The number of carbonyl (C=O) groups excluding carboxylic acids is 1. The van der Waals surface area contributed by atoms with Crippen molar-refractivity contribution in [2.75, 3.05) is 63.2 Å². The minimum Gasteiger partial charge on any atom is -0.497 e. The highest BCUT2D eigenvalue weighted by atomic mass is 16.5. The summed E-state index contributed by atoms with van der Waals surface area (Å²) in [6.07, 6.45) is 2.29. The molecule has 0 spiro atoms. The molecular weight excluding hydrogens is 402 g/mol. The van der Waals surface area contributed by atoms with Gasteiger partial charge in [0.05, 0.1) is 7.11 Å². The van der Waals surface area contributed by atoms with Crippen molar-refractivity contribution in [1.29, 1.82) is 0 Å². The monoisotopic (exact) mass is 435 g/mol. The van der Waals surface area contributed by atoms with Gasteiger partial charge in [-0.15, -0.1) is 0 Å². The van der Waals surface area contributed by atoms with E-state index in [-0.39, 0.29) is 5.91 Å². The number of guanidine groups is 1. The van der Waals surface area contributed by atoms with Crippen molar-refractivity contribution in [1.82, 2.24) is 10.2 Å². The van der Waals surface area contributed by atoms with Crippen LogP contribution in [0.25, 0.3) is 0 Å². The Bertz CT molecular complexity index is 936. The molecule has 0 aliphatic carbocycles. The molecule has 2 aromatic rings. The van der Waals surface area contributed by atoms with Crippen LogP contribution in [0.1, 0.15) is 18.4 Å². The highest BCUT2D eigenvalue weighted by molar-refractivity contribution is 5.95. The highest BCUT2D eigenvalue weighted by Crippen LogP contribution is 2.28. The van der Waals surface area contributed by atoms with E-state index in [9.17, 15) is 4.79 Å². The van der Waals surface area contributed by atoms with Crippen molar-refractivity contribution in [2.45, 2.75) is 19.3 Å². The zero-order valence-electron chi connectivity index (χ0n) is 19.1. The molecule has 2 heterocycles. The minimum absolute atomic E-state index is 0.208. The average Bonchev–Trinajstić information content (AvgIpc) is 3.29. The molecule has 0 saturated carbocycles. The average molecular weight is 436 g/mol. The second kappa shape index (κ2) is 10.4. The van der Waals surface area contributed by atoms with Crippen LogP contribution in [0.2, 0.25) is 0 Å². The smallest absolute Gasteiger partial charge is 0.227 e. The number of methoxy groups -OCH3 is 1. The first-order chi connectivity index (χ1) is 15.7. The van der Waals surface area contributed by atoms with Crippen molar-refractivity contribution in [3.05, 3.63) is 54.1 Å². The first kappa shape index (κ1) is 22.0. The second-order valence-electron chi connectivity index (χ2n) is 8.17. The molecule has 170 valence electrons. The molecule has 32 heavy (non-hydrogen) atoms. The Morgan fingerprint density at radius 2 is 1.78 bits per heavy atom. The Labute approximate surface area is 190 Å². The molecule has 0 unspecified atom stereocenters. The summed E-state index contributed by atoms with van der Waals surface area (Å²) >= 11 is 0. The predicted octanol–water partition coefficient (Wildman–Crippen LogP) is 2.76. The van der Waals surface area contributed by atoms with Crippen LogP contribution in [-0.2, 0) is 11.2 Å². The van der Waals surface area contributed by atoms with Crippen molar-refractivity contribution < 1.29 is 9.53 Å². The lowest BCUT2D eigenvalue weighted by atomic mass is 10.2. The van der Waals surface area contributed by atoms with Gasteiger partial charge in [-0.25, -0.2) is 0 Å². The van der Waals surface area contributed by atoms with Gasteiger partial charge < -0.3 is 24.8 Å². The van der Waals surface area contributed by atoms with Crippen LogP contribution >= 0.6 is 0 Å². The first-order valence-corrected chi connectivity index (χ1v) is 11.4. The van der Waals surface area contributed by atoms with Crippen LogP contribution in [0.15, 0.2) is 53.5 Å². The highest BCUT2D eigenvalue weighted by Gasteiger charge is 2.24. The number of amides is 1. The number of ether oxygens (including phenoxy) is 1. The van der Waals surface area contributed by atoms with Gasteiger partial charge in [-0.1, -0.05) is 18.2 Å². The summed E-state index contributed by atoms with van der Waals surface area (Å²) < 4.78 is 5.25. The third kappa shape index (κ3) is 4.98. The van der Waals surface area contributed by atoms with E-state index in [4.69, 9.17) is 4.74 Å². The number of hydrogen-bond acceptors (Lipinski definition) is 4. The molecule has 1 fully saturated rings. The molecular formula is C25H33N5O2. The maximum atomic E-state index is 12.7. The zero-order chi connectivity index (χ0) is 22.3. The van der Waals surface area contributed by atoms with E-state index in [1.807, 2.05) is 42.3 Å². The molecule has 2 aliphatic heterocycles. The Balaban J connectivity index is 1.20. The molecule has 4 rings (SSSR count). The van der Waals surface area contributed by atoms with Crippen molar-refractivity contribution in [3.63, 3.8) is 0 Å². The summed E-state index contributed by atoms with van der Waals surface area (Å²) in [6.45, 7) is 5.25. The maximum absolute atomic E-state index is 12.7. The predicted molar refractivity (Wildman–Crippen MR) is 130 cm³/mol. The number of benzene rings is 2. The van der Waals surface area contributed by atoms with Gasteiger partial charge in [-0.05, 0) is 48.7 Å². The lowest BCUT2D eigenvalue weighted by Gasteiger charge is -2.37. The topological polar surface area (TPSA) is 60.4 Å². The summed E-state index contributed by atoms with van der Waals surface area (Å²) in [6, 6.07) is 16.4. The molecule has 7 nitrogen and oxygen atoms in total. The largest absolute Gasteiger partial charge is 0.497 e. The van der Waals surface area contributed by atoms with Crippen molar-refractivity contribution in [3.8, 4) is 5.75 Å². The third-order valence-electron chi connectivity index (χ3n) is 6.27. The van der Waals surface area contributed by atoms with Crippen molar-refractivity contribution in [2.24, 2.45) is 4.99 Å². The van der Waals surface area contributed by atoms with E-state index < -0.39 is 0 Å². The molecule has 0 aromatic heterocycles. The van der Waals surface area contributed by atoms with Gasteiger partial charge in [0.2, 0.25) is 5.91 Å². The molecule has 2 aromatic carbocycles. The Hall–Kier alpha value is -3.22. The maximum Gasteiger partial charge on any atom is 0.227 e. The number of nitrogens with one attached hydrogen (secondary N) is 1. The summed E-state index contributed by atoms with van der Waals surface area (Å²) in [5.41, 5.74) is 3.57. The van der Waals surface area contributed by atoms with Gasteiger partial charge in [0, 0.05) is 64.1 Å². The SMILES string of the molecule is CN=C(NCCCC(=O)N1CCc2ccccc21)N1CCN(c2ccc(OC)cc2)CC1. The quantitative estimate of drug-likeness (QED) is 0.430. The summed E-state index contributed by atoms with van der Waals surface area (Å²) in [5.74, 6) is 2.00. The summed E-state index contributed by atoms with van der Waals surface area (Å²) in [5, 5.41) is 3.44. The first-order valence-electron chi connectivity index (χ1n) is 11.4. The molecule has 7 heteroatoms. The second-order valence-corrected chi connectivity index (χ2v) is 8.17. The van der Waals surface area contributed by atoms with Gasteiger partial charge in [0.15, 0.2) is 5.96 Å². The molecule has 2 aliphatic rings. The van der Waals surface area contributed by atoms with E-state index in [1.165, 1.54) is 11.3 Å². The Kier molecular flexibility index (Phi) is 7.14. The van der Waals surface area contributed by atoms with E-state index in [1.54, 1.807) is 7.11 Å². The van der Waals surface area contributed by atoms with Crippen LogP contribution in [0, 0.1) is 0 Å². The number of carbonyl (C=O) groups is 1. The normalized spacial score (nSPS) is 16.2.